The molecule has 1 aromatic carbocycles. The van der Waals surface area contributed by atoms with Crippen LogP contribution >= 0.6 is 0 Å². The van der Waals surface area contributed by atoms with E-state index in [1.165, 1.54) is 7.05 Å². The summed E-state index contributed by atoms with van der Waals surface area (Å²) < 4.78 is 53.9. The molecule has 0 N–H and O–H groups in total. The fraction of sp³-hybridized carbons (Fsp3) is 0.357. The zero-order valence-electron chi connectivity index (χ0n) is 12.8. The third kappa shape index (κ3) is 2.89. The highest BCUT2D eigenvalue weighted by atomic mass is 32.2. The Morgan fingerprint density at radius 1 is 1.23 bits per heavy atom. The zero-order chi connectivity index (χ0) is 16.7. The molecule has 0 bridgehead atoms. The van der Waals surface area contributed by atoms with E-state index in [1.807, 2.05) is 6.92 Å². The lowest BCUT2D eigenvalue weighted by atomic mass is 10.2. The zero-order valence-corrected chi connectivity index (χ0v) is 13.6. The van der Waals surface area contributed by atoms with Crippen LogP contribution < -0.4 is 0 Å². The summed E-state index contributed by atoms with van der Waals surface area (Å²) in [5.74, 6) is -2.27. The summed E-state index contributed by atoms with van der Waals surface area (Å²) in [4.78, 5) is -0.284. The number of rotatable bonds is 4. The second kappa shape index (κ2) is 5.77. The Hall–Kier alpha value is -1.80. The first-order valence-electron chi connectivity index (χ1n) is 6.55. The first kappa shape index (κ1) is 16.6. The summed E-state index contributed by atoms with van der Waals surface area (Å²) in [6.07, 6.45) is 0. The SMILES string of the molecule is Cc1nn(C)c(C)c1CN(C)S(=O)(=O)c1ccc(F)c(F)c1. The van der Waals surface area contributed by atoms with Crippen molar-refractivity contribution in [2.45, 2.75) is 25.3 Å². The summed E-state index contributed by atoms with van der Waals surface area (Å²) in [6.45, 7) is 3.74. The predicted octanol–water partition coefficient (Wildman–Crippen LogP) is 2.14. The Balaban J connectivity index is 2.35. The first-order chi connectivity index (χ1) is 10.1. The Kier molecular flexibility index (Phi) is 4.35. The lowest BCUT2D eigenvalue weighted by molar-refractivity contribution is 0.462. The van der Waals surface area contributed by atoms with Gasteiger partial charge in [-0.05, 0) is 32.0 Å². The smallest absolute Gasteiger partial charge is 0.243 e. The minimum Gasteiger partial charge on any atom is -0.272 e. The Morgan fingerprint density at radius 3 is 2.36 bits per heavy atom. The number of hydrogen-bond donors (Lipinski definition) is 0. The molecule has 0 spiro atoms. The van der Waals surface area contributed by atoms with Gasteiger partial charge >= 0.3 is 0 Å². The number of halogens is 2. The average Bonchev–Trinajstić information content (AvgIpc) is 2.68. The molecule has 1 heterocycles. The van der Waals surface area contributed by atoms with Crippen LogP contribution in [0.5, 0.6) is 0 Å². The highest BCUT2D eigenvalue weighted by Gasteiger charge is 2.24. The van der Waals surface area contributed by atoms with Crippen molar-refractivity contribution in [3.05, 3.63) is 46.8 Å². The molecule has 0 aliphatic rings. The van der Waals surface area contributed by atoms with Crippen LogP contribution in [0.4, 0.5) is 8.78 Å². The van der Waals surface area contributed by atoms with E-state index in [4.69, 9.17) is 0 Å². The fourth-order valence-corrected chi connectivity index (χ4v) is 3.32. The maximum Gasteiger partial charge on any atom is 0.243 e. The van der Waals surface area contributed by atoms with Gasteiger partial charge in [0.25, 0.3) is 0 Å². The first-order valence-corrected chi connectivity index (χ1v) is 7.99. The standard InChI is InChI=1S/C14H17F2N3O2S/c1-9-12(10(2)19(4)17-9)8-18(3)22(20,21)11-5-6-13(15)14(16)7-11/h5-7H,8H2,1-4H3. The molecular weight excluding hydrogens is 312 g/mol. The van der Waals surface area contributed by atoms with Crippen molar-refractivity contribution < 1.29 is 17.2 Å². The van der Waals surface area contributed by atoms with E-state index in [0.717, 1.165) is 33.4 Å². The molecule has 0 aliphatic carbocycles. The highest BCUT2D eigenvalue weighted by Crippen LogP contribution is 2.21. The van der Waals surface area contributed by atoms with Crippen molar-refractivity contribution >= 4 is 10.0 Å². The van der Waals surface area contributed by atoms with Crippen molar-refractivity contribution in [1.82, 2.24) is 14.1 Å². The number of nitrogens with zero attached hydrogens (tertiary/aromatic N) is 3. The van der Waals surface area contributed by atoms with Crippen molar-refractivity contribution in [3.63, 3.8) is 0 Å². The molecule has 5 nitrogen and oxygen atoms in total. The van der Waals surface area contributed by atoms with Crippen molar-refractivity contribution in [3.8, 4) is 0 Å². The predicted molar refractivity (Wildman–Crippen MR) is 77.7 cm³/mol. The second-order valence-electron chi connectivity index (χ2n) is 5.11. The number of benzene rings is 1. The molecular formula is C14H17F2N3O2S. The Labute approximate surface area is 128 Å². The van der Waals surface area contributed by atoms with Gasteiger partial charge in [0.2, 0.25) is 10.0 Å². The van der Waals surface area contributed by atoms with Crippen LogP contribution in [0.25, 0.3) is 0 Å². The third-order valence-electron chi connectivity index (χ3n) is 3.64. The van der Waals surface area contributed by atoms with Crippen LogP contribution in [0, 0.1) is 25.5 Å². The van der Waals surface area contributed by atoms with E-state index >= 15 is 0 Å². The molecule has 0 radical (unpaired) electrons. The van der Waals surface area contributed by atoms with Gasteiger partial charge < -0.3 is 0 Å². The van der Waals surface area contributed by atoms with E-state index in [-0.39, 0.29) is 11.4 Å². The van der Waals surface area contributed by atoms with Gasteiger partial charge in [-0.15, -0.1) is 0 Å². The molecule has 1 aromatic heterocycles. The maximum atomic E-state index is 13.3. The summed E-state index contributed by atoms with van der Waals surface area (Å²) in [7, 11) is -0.746. The molecule has 8 heteroatoms. The summed E-state index contributed by atoms with van der Waals surface area (Å²) >= 11 is 0. The monoisotopic (exact) mass is 329 g/mol. The molecule has 2 aromatic rings. The molecule has 2 rings (SSSR count). The molecule has 120 valence electrons. The van der Waals surface area contributed by atoms with Crippen LogP contribution in [0.15, 0.2) is 23.1 Å². The lowest BCUT2D eigenvalue weighted by Gasteiger charge is -2.17. The number of aryl methyl sites for hydroxylation is 2. The number of aromatic nitrogens is 2. The van der Waals surface area contributed by atoms with Crippen molar-refractivity contribution in [2.24, 2.45) is 7.05 Å². The maximum absolute atomic E-state index is 13.3. The second-order valence-corrected chi connectivity index (χ2v) is 7.15. The van der Waals surface area contributed by atoms with Gasteiger partial charge in [0, 0.05) is 31.9 Å². The van der Waals surface area contributed by atoms with Crippen LogP contribution in [0.3, 0.4) is 0 Å². The molecule has 0 saturated carbocycles. The van der Waals surface area contributed by atoms with E-state index in [2.05, 4.69) is 5.10 Å². The third-order valence-corrected chi connectivity index (χ3v) is 5.44. The average molecular weight is 329 g/mol. The van der Waals surface area contributed by atoms with Gasteiger partial charge in [0.05, 0.1) is 10.6 Å². The topological polar surface area (TPSA) is 55.2 Å². The van der Waals surface area contributed by atoms with Gasteiger partial charge in [-0.2, -0.15) is 9.40 Å². The van der Waals surface area contributed by atoms with E-state index in [1.54, 1.807) is 18.7 Å². The van der Waals surface area contributed by atoms with Crippen molar-refractivity contribution in [1.29, 1.82) is 0 Å². The van der Waals surface area contributed by atoms with E-state index in [9.17, 15) is 17.2 Å². The molecule has 0 fully saturated rings. The Morgan fingerprint density at radius 2 is 1.86 bits per heavy atom. The molecule has 0 unspecified atom stereocenters. The molecule has 22 heavy (non-hydrogen) atoms. The van der Waals surface area contributed by atoms with Crippen molar-refractivity contribution in [2.75, 3.05) is 7.05 Å². The van der Waals surface area contributed by atoms with E-state index < -0.39 is 21.7 Å². The van der Waals surface area contributed by atoms with Crippen LogP contribution in [0.2, 0.25) is 0 Å². The van der Waals surface area contributed by atoms with E-state index in [0.29, 0.717) is 6.07 Å². The fourth-order valence-electron chi connectivity index (χ4n) is 2.17. The largest absolute Gasteiger partial charge is 0.272 e. The quantitative estimate of drug-likeness (QED) is 0.863. The lowest BCUT2D eigenvalue weighted by Crippen LogP contribution is -2.27. The van der Waals surface area contributed by atoms with Gasteiger partial charge in [-0.3, -0.25) is 4.68 Å². The van der Waals surface area contributed by atoms with Crippen LogP contribution in [-0.2, 0) is 23.6 Å². The summed E-state index contributed by atoms with van der Waals surface area (Å²) in [5.41, 5.74) is 2.37. The van der Waals surface area contributed by atoms with Gasteiger partial charge in [-0.1, -0.05) is 0 Å². The van der Waals surface area contributed by atoms with Crippen LogP contribution in [-0.4, -0.2) is 29.6 Å². The molecule has 0 saturated heterocycles. The summed E-state index contributed by atoms with van der Waals surface area (Å²) in [5, 5.41) is 4.23. The van der Waals surface area contributed by atoms with Gasteiger partial charge in [-0.25, -0.2) is 17.2 Å². The normalized spacial score (nSPS) is 12.1. The van der Waals surface area contributed by atoms with Crippen LogP contribution in [0.1, 0.15) is 17.0 Å². The van der Waals surface area contributed by atoms with Gasteiger partial charge in [0.15, 0.2) is 11.6 Å². The number of sulfonamides is 1. The molecule has 0 amide bonds. The van der Waals surface area contributed by atoms with Gasteiger partial charge in [0.1, 0.15) is 0 Å². The Bertz CT molecular complexity index is 816. The summed E-state index contributed by atoms with van der Waals surface area (Å²) in [6, 6.07) is 2.54. The molecule has 0 aliphatic heterocycles. The number of hydrogen-bond acceptors (Lipinski definition) is 3. The minimum absolute atomic E-state index is 0.104. The highest BCUT2D eigenvalue weighted by molar-refractivity contribution is 7.89. The molecule has 0 atom stereocenters. The minimum atomic E-state index is -3.91.